The van der Waals surface area contributed by atoms with E-state index in [9.17, 15) is 0 Å². The van der Waals surface area contributed by atoms with Crippen molar-refractivity contribution in [1.82, 2.24) is 0 Å². The Labute approximate surface area is 126 Å². The van der Waals surface area contributed by atoms with Crippen molar-refractivity contribution in [2.75, 3.05) is 0 Å². The van der Waals surface area contributed by atoms with E-state index in [1.165, 1.54) is 11.1 Å². The van der Waals surface area contributed by atoms with Crippen molar-refractivity contribution < 1.29 is 4.74 Å². The first-order chi connectivity index (χ1) is 10.4. The Kier molecular flexibility index (Phi) is 4.65. The summed E-state index contributed by atoms with van der Waals surface area (Å²) in [4.78, 5) is 0. The molecule has 0 amide bonds. The number of benzene rings is 2. The monoisotopic (exact) mass is 276 g/mol. The van der Waals surface area contributed by atoms with E-state index < -0.39 is 0 Å². The van der Waals surface area contributed by atoms with Crippen LogP contribution in [-0.2, 0) is 11.3 Å². The van der Waals surface area contributed by atoms with Gasteiger partial charge in [-0.3, -0.25) is 0 Å². The van der Waals surface area contributed by atoms with Gasteiger partial charge in [-0.1, -0.05) is 85.0 Å². The maximum Gasteiger partial charge on any atom is 0.0895 e. The third-order valence-electron chi connectivity index (χ3n) is 3.80. The van der Waals surface area contributed by atoms with E-state index in [-0.39, 0.29) is 6.10 Å². The second kappa shape index (κ2) is 7.05. The van der Waals surface area contributed by atoms with Crippen LogP contribution in [-0.4, -0.2) is 0 Å². The summed E-state index contributed by atoms with van der Waals surface area (Å²) < 4.78 is 6.27. The molecule has 0 bridgehead atoms. The highest BCUT2D eigenvalue weighted by atomic mass is 16.5. The van der Waals surface area contributed by atoms with E-state index in [1.807, 2.05) is 12.1 Å². The lowest BCUT2D eigenvalue weighted by atomic mass is 9.90. The maximum absolute atomic E-state index is 6.27. The molecule has 2 atom stereocenters. The molecule has 1 nitrogen and oxygen atoms in total. The van der Waals surface area contributed by atoms with E-state index in [0.717, 1.165) is 6.42 Å². The molecule has 0 radical (unpaired) electrons. The highest BCUT2D eigenvalue weighted by molar-refractivity contribution is 5.23. The lowest BCUT2D eigenvalue weighted by Gasteiger charge is -2.26. The largest absolute Gasteiger partial charge is 0.368 e. The standard InChI is InChI=1S/C20H20O/c1-4-10-17(11-5-1)16-21-20(18-12-6-2-7-13-18)19-14-8-3-9-15-19/h1-14,19-20H,15-16H2. The maximum atomic E-state index is 6.27. The molecule has 0 saturated carbocycles. The minimum Gasteiger partial charge on any atom is -0.368 e. The van der Waals surface area contributed by atoms with E-state index in [0.29, 0.717) is 12.5 Å². The molecule has 106 valence electrons. The van der Waals surface area contributed by atoms with Crippen LogP contribution in [0, 0.1) is 5.92 Å². The van der Waals surface area contributed by atoms with Gasteiger partial charge in [0.15, 0.2) is 0 Å². The normalized spacial score (nSPS) is 18.6. The van der Waals surface area contributed by atoms with Crippen molar-refractivity contribution in [3.63, 3.8) is 0 Å². The summed E-state index contributed by atoms with van der Waals surface area (Å²) in [6.45, 7) is 0.647. The van der Waals surface area contributed by atoms with Crippen LogP contribution < -0.4 is 0 Å². The molecule has 0 saturated heterocycles. The highest BCUT2D eigenvalue weighted by Gasteiger charge is 2.21. The summed E-state index contributed by atoms with van der Waals surface area (Å²) >= 11 is 0. The molecule has 2 aromatic rings. The molecule has 21 heavy (non-hydrogen) atoms. The Bertz CT molecular complexity index is 598. The van der Waals surface area contributed by atoms with Crippen molar-refractivity contribution in [2.45, 2.75) is 19.1 Å². The van der Waals surface area contributed by atoms with Gasteiger partial charge in [-0.25, -0.2) is 0 Å². The molecule has 1 aliphatic rings. The van der Waals surface area contributed by atoms with Crippen LogP contribution in [0.4, 0.5) is 0 Å². The van der Waals surface area contributed by atoms with Crippen molar-refractivity contribution in [1.29, 1.82) is 0 Å². The second-order valence-electron chi connectivity index (χ2n) is 5.34. The van der Waals surface area contributed by atoms with Gasteiger partial charge in [-0.2, -0.15) is 0 Å². The van der Waals surface area contributed by atoms with Gasteiger partial charge in [0, 0.05) is 5.92 Å². The lowest BCUT2D eigenvalue weighted by Crippen LogP contribution is -2.15. The van der Waals surface area contributed by atoms with Gasteiger partial charge in [-0.05, 0) is 17.5 Å². The summed E-state index contributed by atoms with van der Waals surface area (Å²) in [5.41, 5.74) is 2.46. The number of allylic oxidation sites excluding steroid dienone is 3. The summed E-state index contributed by atoms with van der Waals surface area (Å²) in [5.74, 6) is 0.404. The predicted octanol–water partition coefficient (Wildman–Crippen LogP) is 5.08. The zero-order chi connectivity index (χ0) is 14.3. The quantitative estimate of drug-likeness (QED) is 0.740. The average Bonchev–Trinajstić information content (AvgIpc) is 2.58. The Hall–Kier alpha value is -2.12. The molecule has 0 spiro atoms. The van der Waals surface area contributed by atoms with Crippen molar-refractivity contribution in [3.05, 3.63) is 96.1 Å². The molecule has 2 unspecified atom stereocenters. The minimum atomic E-state index is 0.104. The van der Waals surface area contributed by atoms with Crippen LogP contribution in [0.1, 0.15) is 23.7 Å². The third kappa shape index (κ3) is 3.71. The second-order valence-corrected chi connectivity index (χ2v) is 5.34. The molecule has 1 heteroatoms. The Morgan fingerprint density at radius 3 is 2.29 bits per heavy atom. The van der Waals surface area contributed by atoms with Crippen LogP contribution >= 0.6 is 0 Å². The fourth-order valence-corrected chi connectivity index (χ4v) is 2.69. The number of ether oxygens (including phenoxy) is 1. The topological polar surface area (TPSA) is 9.23 Å². The fourth-order valence-electron chi connectivity index (χ4n) is 2.69. The zero-order valence-electron chi connectivity index (χ0n) is 12.1. The SMILES string of the molecule is C1=CCC(C(OCc2ccccc2)c2ccccc2)C=C1. The summed E-state index contributed by atoms with van der Waals surface area (Å²) in [6, 6.07) is 20.9. The minimum absolute atomic E-state index is 0.104. The van der Waals surface area contributed by atoms with Gasteiger partial charge < -0.3 is 4.74 Å². The van der Waals surface area contributed by atoms with Crippen molar-refractivity contribution in [3.8, 4) is 0 Å². The molecule has 3 rings (SSSR count). The molecule has 0 aromatic heterocycles. The fraction of sp³-hybridized carbons (Fsp3) is 0.200. The van der Waals surface area contributed by atoms with E-state index in [2.05, 4.69) is 72.8 Å². The first-order valence-electron chi connectivity index (χ1n) is 7.47. The van der Waals surface area contributed by atoms with Gasteiger partial charge in [0.1, 0.15) is 0 Å². The van der Waals surface area contributed by atoms with Crippen LogP contribution in [0.5, 0.6) is 0 Å². The Morgan fingerprint density at radius 1 is 0.905 bits per heavy atom. The molecule has 0 fully saturated rings. The first-order valence-corrected chi connectivity index (χ1v) is 7.47. The molecule has 0 N–H and O–H groups in total. The number of hydrogen-bond donors (Lipinski definition) is 0. The summed E-state index contributed by atoms with van der Waals surface area (Å²) in [5, 5.41) is 0. The smallest absolute Gasteiger partial charge is 0.0895 e. The molecular weight excluding hydrogens is 256 g/mol. The average molecular weight is 276 g/mol. The molecule has 0 aliphatic heterocycles. The van der Waals surface area contributed by atoms with E-state index in [1.54, 1.807) is 0 Å². The third-order valence-corrected chi connectivity index (χ3v) is 3.80. The zero-order valence-corrected chi connectivity index (χ0v) is 12.1. The van der Waals surface area contributed by atoms with E-state index in [4.69, 9.17) is 4.74 Å². The summed E-state index contributed by atoms with van der Waals surface area (Å²) in [7, 11) is 0. The van der Waals surface area contributed by atoms with Crippen LogP contribution in [0.2, 0.25) is 0 Å². The predicted molar refractivity (Wildman–Crippen MR) is 86.8 cm³/mol. The number of rotatable bonds is 5. The van der Waals surface area contributed by atoms with Crippen molar-refractivity contribution in [2.24, 2.45) is 5.92 Å². The molecule has 0 heterocycles. The first kappa shape index (κ1) is 13.8. The van der Waals surface area contributed by atoms with Gasteiger partial charge in [0.05, 0.1) is 12.7 Å². The van der Waals surface area contributed by atoms with Crippen molar-refractivity contribution >= 4 is 0 Å². The Balaban J connectivity index is 1.76. The highest BCUT2D eigenvalue weighted by Crippen LogP contribution is 2.32. The van der Waals surface area contributed by atoms with E-state index >= 15 is 0 Å². The summed E-state index contributed by atoms with van der Waals surface area (Å²) in [6.07, 6.45) is 9.83. The van der Waals surface area contributed by atoms with Crippen LogP contribution in [0.3, 0.4) is 0 Å². The Morgan fingerprint density at radius 2 is 1.62 bits per heavy atom. The molecular formula is C20H20O. The van der Waals surface area contributed by atoms with Crippen LogP contribution in [0.25, 0.3) is 0 Å². The number of hydrogen-bond acceptors (Lipinski definition) is 1. The van der Waals surface area contributed by atoms with Crippen LogP contribution in [0.15, 0.2) is 85.0 Å². The molecule has 2 aromatic carbocycles. The van der Waals surface area contributed by atoms with Gasteiger partial charge in [0.25, 0.3) is 0 Å². The molecule has 1 aliphatic carbocycles. The van der Waals surface area contributed by atoms with Gasteiger partial charge in [-0.15, -0.1) is 0 Å². The lowest BCUT2D eigenvalue weighted by molar-refractivity contribution is 0.0123. The van der Waals surface area contributed by atoms with Gasteiger partial charge >= 0.3 is 0 Å². The van der Waals surface area contributed by atoms with Gasteiger partial charge in [0.2, 0.25) is 0 Å².